The minimum absolute atomic E-state index is 0.0673. The second-order valence-corrected chi connectivity index (χ2v) is 4.80. The molecule has 0 fully saturated rings. The van der Waals surface area contributed by atoms with E-state index in [1.807, 2.05) is 0 Å². The van der Waals surface area contributed by atoms with Crippen LogP contribution in [0.3, 0.4) is 0 Å². The molecule has 19 heavy (non-hydrogen) atoms. The second kappa shape index (κ2) is 8.07. The van der Waals surface area contributed by atoms with Gasteiger partial charge in [-0.05, 0) is 12.5 Å². The molecule has 0 spiro atoms. The van der Waals surface area contributed by atoms with Crippen molar-refractivity contribution < 1.29 is 4.79 Å². The van der Waals surface area contributed by atoms with Gasteiger partial charge in [-0.1, -0.05) is 30.1 Å². The van der Waals surface area contributed by atoms with Crippen molar-refractivity contribution in [2.75, 3.05) is 30.3 Å². The van der Waals surface area contributed by atoms with Crippen molar-refractivity contribution >= 4 is 40.7 Å². The van der Waals surface area contributed by atoms with Gasteiger partial charge in [-0.25, -0.2) is 4.98 Å². The molecule has 0 atom stereocenters. The van der Waals surface area contributed by atoms with Crippen molar-refractivity contribution in [1.29, 1.82) is 0 Å². The molecule has 1 rings (SSSR count). The highest BCUT2D eigenvalue weighted by Crippen LogP contribution is 2.28. The summed E-state index contributed by atoms with van der Waals surface area (Å²) in [6.45, 7) is 5.37. The molecule has 0 aliphatic heterocycles. The summed E-state index contributed by atoms with van der Waals surface area (Å²) in [5, 5.41) is 9.81. The van der Waals surface area contributed by atoms with Gasteiger partial charge >= 0.3 is 0 Å². The molecule has 0 bridgehead atoms. The summed E-state index contributed by atoms with van der Waals surface area (Å²) >= 11 is 12.1. The summed E-state index contributed by atoms with van der Waals surface area (Å²) in [5.74, 6) is 1.09. The molecule has 0 unspecified atom stereocenters. The molecule has 0 saturated carbocycles. The highest BCUT2D eigenvalue weighted by molar-refractivity contribution is 6.37. The molecule has 3 N–H and O–H groups in total. The van der Waals surface area contributed by atoms with Gasteiger partial charge in [0.1, 0.15) is 11.6 Å². The third-order valence-corrected chi connectivity index (χ3v) is 2.84. The fraction of sp³-hybridized carbons (Fsp3) is 0.500. The zero-order valence-corrected chi connectivity index (χ0v) is 12.5. The topological polar surface area (TPSA) is 66.1 Å². The summed E-state index contributed by atoms with van der Waals surface area (Å²) in [5.41, 5.74) is 0. The number of rotatable bonds is 7. The van der Waals surface area contributed by atoms with Crippen LogP contribution < -0.4 is 16.0 Å². The highest BCUT2D eigenvalue weighted by Gasteiger charge is 2.08. The molecular weight excluding hydrogens is 287 g/mol. The summed E-state index contributed by atoms with van der Waals surface area (Å²) in [6.07, 6.45) is 0.978. The molecule has 1 amide bonds. The van der Waals surface area contributed by atoms with Crippen LogP contribution in [-0.2, 0) is 4.79 Å². The summed E-state index contributed by atoms with van der Waals surface area (Å²) < 4.78 is 0. The fourth-order valence-electron chi connectivity index (χ4n) is 1.38. The van der Waals surface area contributed by atoms with Crippen LogP contribution in [-0.4, -0.2) is 30.5 Å². The monoisotopic (exact) mass is 304 g/mol. The zero-order chi connectivity index (χ0) is 14.3. The lowest BCUT2D eigenvalue weighted by Crippen LogP contribution is -2.26. The predicted molar refractivity (Wildman–Crippen MR) is 80.2 cm³/mol. The molecule has 5 nitrogen and oxygen atoms in total. The van der Waals surface area contributed by atoms with Crippen LogP contribution in [0.5, 0.6) is 0 Å². The maximum absolute atomic E-state index is 10.7. The molecule has 0 aromatic carbocycles. The SMILES string of the molecule is CCCNc1nc(NCCNC(C)=O)c(Cl)cc1Cl. The molecule has 0 radical (unpaired) electrons. The summed E-state index contributed by atoms with van der Waals surface area (Å²) in [4.78, 5) is 15.1. The number of aromatic nitrogens is 1. The van der Waals surface area contributed by atoms with Gasteiger partial charge in [0.05, 0.1) is 10.0 Å². The molecular formula is C12H18Cl2N4O. The van der Waals surface area contributed by atoms with E-state index >= 15 is 0 Å². The first-order chi connectivity index (χ1) is 9.04. The summed E-state index contributed by atoms with van der Waals surface area (Å²) in [7, 11) is 0. The van der Waals surface area contributed by atoms with Crippen molar-refractivity contribution in [2.45, 2.75) is 20.3 Å². The Labute approximate surface area is 123 Å². The average molecular weight is 305 g/mol. The predicted octanol–water partition coefficient (Wildman–Crippen LogP) is 2.76. The molecule has 1 aromatic rings. The molecule has 1 heterocycles. The van der Waals surface area contributed by atoms with E-state index in [4.69, 9.17) is 23.2 Å². The number of carbonyl (C=O) groups excluding carboxylic acids is 1. The van der Waals surface area contributed by atoms with Crippen LogP contribution in [0, 0.1) is 0 Å². The smallest absolute Gasteiger partial charge is 0.216 e. The maximum atomic E-state index is 10.7. The summed E-state index contributed by atoms with van der Waals surface area (Å²) in [6, 6.07) is 1.65. The molecule has 0 saturated heterocycles. The number of nitrogens with zero attached hydrogens (tertiary/aromatic N) is 1. The van der Waals surface area contributed by atoms with Gasteiger partial charge in [0.15, 0.2) is 0 Å². The normalized spacial score (nSPS) is 10.1. The molecule has 1 aromatic heterocycles. The van der Waals surface area contributed by atoms with Gasteiger partial charge in [0.25, 0.3) is 0 Å². The lowest BCUT2D eigenvalue weighted by molar-refractivity contribution is -0.118. The molecule has 0 aliphatic rings. The first kappa shape index (κ1) is 15.9. The van der Waals surface area contributed by atoms with Gasteiger partial charge in [0, 0.05) is 26.6 Å². The third kappa shape index (κ3) is 5.53. The fourth-order valence-corrected chi connectivity index (χ4v) is 1.87. The van der Waals surface area contributed by atoms with Crippen LogP contribution in [0.1, 0.15) is 20.3 Å². The standard InChI is InChI=1S/C12H18Cl2N4O/c1-3-4-16-11-9(13)7-10(14)12(18-11)17-6-5-15-8(2)19/h7H,3-6H2,1-2H3,(H,15,19)(H2,16,17,18). The van der Waals surface area contributed by atoms with Crippen LogP contribution in [0.15, 0.2) is 6.07 Å². The Morgan fingerprint density at radius 2 is 1.74 bits per heavy atom. The van der Waals surface area contributed by atoms with E-state index in [0.717, 1.165) is 13.0 Å². The molecule has 106 valence electrons. The van der Waals surface area contributed by atoms with E-state index in [-0.39, 0.29) is 5.91 Å². The Hall–Kier alpha value is -1.20. The van der Waals surface area contributed by atoms with Crippen molar-refractivity contribution in [3.63, 3.8) is 0 Å². The average Bonchev–Trinajstić information content (AvgIpc) is 2.35. The zero-order valence-electron chi connectivity index (χ0n) is 11.0. The van der Waals surface area contributed by atoms with Gasteiger partial charge in [0.2, 0.25) is 5.91 Å². The van der Waals surface area contributed by atoms with E-state index in [1.165, 1.54) is 6.92 Å². The Morgan fingerprint density at radius 3 is 2.26 bits per heavy atom. The minimum atomic E-state index is -0.0673. The van der Waals surface area contributed by atoms with Gasteiger partial charge in [-0.15, -0.1) is 0 Å². The molecule has 7 heteroatoms. The van der Waals surface area contributed by atoms with Crippen molar-refractivity contribution in [2.24, 2.45) is 0 Å². The Balaban J connectivity index is 2.63. The second-order valence-electron chi connectivity index (χ2n) is 3.99. The minimum Gasteiger partial charge on any atom is -0.369 e. The largest absolute Gasteiger partial charge is 0.369 e. The number of amides is 1. The number of carbonyl (C=O) groups is 1. The Bertz CT molecular complexity index is 440. The number of hydrogen-bond acceptors (Lipinski definition) is 4. The third-order valence-electron chi connectivity index (χ3n) is 2.26. The lowest BCUT2D eigenvalue weighted by Gasteiger charge is -2.12. The van der Waals surface area contributed by atoms with E-state index in [9.17, 15) is 4.79 Å². The van der Waals surface area contributed by atoms with Gasteiger partial charge in [-0.3, -0.25) is 4.79 Å². The van der Waals surface area contributed by atoms with E-state index in [1.54, 1.807) is 6.07 Å². The van der Waals surface area contributed by atoms with Crippen molar-refractivity contribution in [3.8, 4) is 0 Å². The number of hydrogen-bond donors (Lipinski definition) is 3. The molecule has 0 aliphatic carbocycles. The van der Waals surface area contributed by atoms with E-state index in [0.29, 0.717) is 34.8 Å². The first-order valence-corrected chi connectivity index (χ1v) is 6.88. The Kier molecular flexibility index (Phi) is 6.73. The maximum Gasteiger partial charge on any atom is 0.216 e. The van der Waals surface area contributed by atoms with Crippen LogP contribution in [0.25, 0.3) is 0 Å². The van der Waals surface area contributed by atoms with Crippen LogP contribution in [0.2, 0.25) is 10.0 Å². The lowest BCUT2D eigenvalue weighted by atomic mass is 10.4. The quantitative estimate of drug-likeness (QED) is 0.678. The van der Waals surface area contributed by atoms with Crippen LogP contribution >= 0.6 is 23.2 Å². The van der Waals surface area contributed by atoms with Crippen molar-refractivity contribution in [1.82, 2.24) is 10.3 Å². The van der Waals surface area contributed by atoms with Gasteiger partial charge < -0.3 is 16.0 Å². The van der Waals surface area contributed by atoms with E-state index in [2.05, 4.69) is 27.9 Å². The number of anilines is 2. The first-order valence-electron chi connectivity index (χ1n) is 6.12. The number of pyridine rings is 1. The number of halogens is 2. The van der Waals surface area contributed by atoms with E-state index < -0.39 is 0 Å². The van der Waals surface area contributed by atoms with Crippen LogP contribution in [0.4, 0.5) is 11.6 Å². The number of nitrogens with one attached hydrogen (secondary N) is 3. The van der Waals surface area contributed by atoms with Crippen molar-refractivity contribution in [3.05, 3.63) is 16.1 Å². The van der Waals surface area contributed by atoms with Gasteiger partial charge in [-0.2, -0.15) is 0 Å². The highest BCUT2D eigenvalue weighted by atomic mass is 35.5. The Morgan fingerprint density at radius 1 is 1.16 bits per heavy atom.